The third kappa shape index (κ3) is 3.25. The Kier molecular flexibility index (Phi) is 4.34. The molecule has 1 aromatic heterocycles. The van der Waals surface area contributed by atoms with Crippen LogP contribution in [0.3, 0.4) is 0 Å². The number of aromatic nitrogens is 2. The molecular weight excluding hydrogens is 288 g/mol. The third-order valence-corrected chi connectivity index (χ3v) is 5.05. The van der Waals surface area contributed by atoms with Gasteiger partial charge in [-0.3, -0.25) is 5.10 Å². The van der Waals surface area contributed by atoms with Gasteiger partial charge in [-0.2, -0.15) is 5.10 Å². The summed E-state index contributed by atoms with van der Waals surface area (Å²) in [7, 11) is -2.04. The van der Waals surface area contributed by atoms with E-state index in [1.165, 1.54) is 7.05 Å². The summed E-state index contributed by atoms with van der Waals surface area (Å²) in [6, 6.07) is 5.31. The second-order valence-corrected chi connectivity index (χ2v) is 6.81. The van der Waals surface area contributed by atoms with Crippen molar-refractivity contribution in [3.63, 3.8) is 0 Å². The average molecular weight is 308 g/mol. The lowest BCUT2D eigenvalue weighted by atomic mass is 10.2. The fourth-order valence-electron chi connectivity index (χ4n) is 2.13. The Labute approximate surface area is 125 Å². The fourth-order valence-corrected chi connectivity index (χ4v) is 3.13. The maximum atomic E-state index is 12.0. The molecule has 0 saturated carbocycles. The first kappa shape index (κ1) is 15.5. The van der Waals surface area contributed by atoms with Gasteiger partial charge in [0, 0.05) is 23.5 Å². The zero-order valence-electron chi connectivity index (χ0n) is 12.6. The second kappa shape index (κ2) is 5.87. The van der Waals surface area contributed by atoms with Crippen LogP contribution in [0.4, 0.5) is 5.69 Å². The van der Waals surface area contributed by atoms with Crippen LogP contribution in [0.1, 0.15) is 22.5 Å². The van der Waals surface area contributed by atoms with Gasteiger partial charge in [0.1, 0.15) is 0 Å². The Balaban J connectivity index is 2.25. The van der Waals surface area contributed by atoms with E-state index in [2.05, 4.69) is 20.2 Å². The van der Waals surface area contributed by atoms with Crippen molar-refractivity contribution < 1.29 is 8.42 Å². The first-order chi connectivity index (χ1) is 9.85. The van der Waals surface area contributed by atoms with E-state index >= 15 is 0 Å². The molecule has 2 rings (SSSR count). The van der Waals surface area contributed by atoms with E-state index in [0.29, 0.717) is 12.1 Å². The Hall–Kier alpha value is -1.86. The van der Waals surface area contributed by atoms with Gasteiger partial charge in [0.05, 0.1) is 10.6 Å². The molecule has 0 fully saturated rings. The first-order valence-electron chi connectivity index (χ1n) is 6.63. The molecule has 114 valence electrons. The molecule has 0 saturated heterocycles. The summed E-state index contributed by atoms with van der Waals surface area (Å²) in [6.45, 7) is 6.27. The number of benzene rings is 1. The van der Waals surface area contributed by atoms with Crippen molar-refractivity contribution >= 4 is 15.7 Å². The monoisotopic (exact) mass is 308 g/mol. The standard InChI is InChI=1S/C14H20N4O2S/c1-9-5-6-12(7-14(9)21(19,20)15-4)16-8-13-10(2)17-18-11(13)3/h5-7,15-16H,8H2,1-4H3,(H,17,18). The quantitative estimate of drug-likeness (QED) is 0.787. The van der Waals surface area contributed by atoms with Crippen molar-refractivity contribution in [2.75, 3.05) is 12.4 Å². The van der Waals surface area contributed by atoms with E-state index in [1.807, 2.05) is 19.9 Å². The molecule has 0 amide bonds. The number of nitrogens with one attached hydrogen (secondary N) is 3. The highest BCUT2D eigenvalue weighted by Gasteiger charge is 2.15. The van der Waals surface area contributed by atoms with Gasteiger partial charge >= 0.3 is 0 Å². The van der Waals surface area contributed by atoms with Gasteiger partial charge in [-0.15, -0.1) is 0 Å². The molecule has 7 heteroatoms. The molecule has 2 aromatic rings. The average Bonchev–Trinajstić information content (AvgIpc) is 2.77. The van der Waals surface area contributed by atoms with E-state index < -0.39 is 10.0 Å². The minimum atomic E-state index is -3.45. The molecule has 0 spiro atoms. The number of aryl methyl sites for hydroxylation is 3. The van der Waals surface area contributed by atoms with E-state index in [1.54, 1.807) is 19.1 Å². The van der Waals surface area contributed by atoms with Gasteiger partial charge in [0.15, 0.2) is 0 Å². The molecular formula is C14H20N4O2S. The van der Waals surface area contributed by atoms with Crippen LogP contribution in [0.2, 0.25) is 0 Å². The van der Waals surface area contributed by atoms with Gasteiger partial charge in [0.25, 0.3) is 0 Å². The van der Waals surface area contributed by atoms with Crippen LogP contribution in [0.15, 0.2) is 23.1 Å². The molecule has 0 aliphatic rings. The largest absolute Gasteiger partial charge is 0.381 e. The third-order valence-electron chi connectivity index (χ3n) is 3.50. The van der Waals surface area contributed by atoms with Crippen molar-refractivity contribution in [2.24, 2.45) is 0 Å². The minimum Gasteiger partial charge on any atom is -0.381 e. The molecule has 3 N–H and O–H groups in total. The SMILES string of the molecule is CNS(=O)(=O)c1cc(NCc2c(C)n[nH]c2C)ccc1C. The summed E-state index contributed by atoms with van der Waals surface area (Å²) >= 11 is 0. The first-order valence-corrected chi connectivity index (χ1v) is 8.12. The molecule has 6 nitrogen and oxygen atoms in total. The van der Waals surface area contributed by atoms with Crippen molar-refractivity contribution in [2.45, 2.75) is 32.2 Å². The van der Waals surface area contributed by atoms with Crippen molar-refractivity contribution in [3.8, 4) is 0 Å². The summed E-state index contributed by atoms with van der Waals surface area (Å²) in [5.41, 5.74) is 4.51. The maximum absolute atomic E-state index is 12.0. The number of aromatic amines is 1. The van der Waals surface area contributed by atoms with E-state index in [9.17, 15) is 8.42 Å². The van der Waals surface area contributed by atoms with Crippen LogP contribution in [0.25, 0.3) is 0 Å². The second-order valence-electron chi connectivity index (χ2n) is 4.95. The summed E-state index contributed by atoms with van der Waals surface area (Å²) < 4.78 is 26.3. The molecule has 0 aliphatic heterocycles. The number of sulfonamides is 1. The van der Waals surface area contributed by atoms with Crippen LogP contribution in [-0.4, -0.2) is 25.7 Å². The number of anilines is 1. The number of H-pyrrole nitrogens is 1. The summed E-state index contributed by atoms with van der Waals surface area (Å²) in [6.07, 6.45) is 0. The molecule has 0 radical (unpaired) electrons. The van der Waals surface area contributed by atoms with Gasteiger partial charge < -0.3 is 5.32 Å². The fraction of sp³-hybridized carbons (Fsp3) is 0.357. The van der Waals surface area contributed by atoms with Crippen molar-refractivity contribution in [1.29, 1.82) is 0 Å². The lowest BCUT2D eigenvalue weighted by Gasteiger charge is -2.11. The summed E-state index contributed by atoms with van der Waals surface area (Å²) in [5, 5.41) is 10.3. The molecule has 0 bridgehead atoms. The van der Waals surface area contributed by atoms with E-state index in [-0.39, 0.29) is 4.90 Å². The summed E-state index contributed by atoms with van der Waals surface area (Å²) in [4.78, 5) is 0.288. The number of nitrogens with zero attached hydrogens (tertiary/aromatic N) is 1. The molecule has 0 aliphatic carbocycles. The van der Waals surface area contributed by atoms with E-state index in [4.69, 9.17) is 0 Å². The predicted octanol–water partition coefficient (Wildman–Crippen LogP) is 1.86. The lowest BCUT2D eigenvalue weighted by Crippen LogP contribution is -2.19. The van der Waals surface area contributed by atoms with Crippen LogP contribution >= 0.6 is 0 Å². The molecule has 21 heavy (non-hydrogen) atoms. The number of hydrogen-bond acceptors (Lipinski definition) is 4. The molecule has 0 atom stereocenters. The highest BCUT2D eigenvalue weighted by Crippen LogP contribution is 2.21. The van der Waals surface area contributed by atoms with Crippen LogP contribution in [0, 0.1) is 20.8 Å². The number of rotatable bonds is 5. The van der Waals surface area contributed by atoms with Crippen molar-refractivity contribution in [3.05, 3.63) is 40.7 Å². The Bertz CT molecular complexity index is 731. The highest BCUT2D eigenvalue weighted by molar-refractivity contribution is 7.89. The van der Waals surface area contributed by atoms with Crippen LogP contribution in [0.5, 0.6) is 0 Å². The van der Waals surface area contributed by atoms with Gasteiger partial charge in [0.2, 0.25) is 10.0 Å². The van der Waals surface area contributed by atoms with Crippen LogP contribution < -0.4 is 10.0 Å². The summed E-state index contributed by atoms with van der Waals surface area (Å²) in [5.74, 6) is 0. The van der Waals surface area contributed by atoms with Crippen molar-refractivity contribution in [1.82, 2.24) is 14.9 Å². The highest BCUT2D eigenvalue weighted by atomic mass is 32.2. The van der Waals surface area contributed by atoms with Crippen LogP contribution in [-0.2, 0) is 16.6 Å². The Morgan fingerprint density at radius 1 is 1.24 bits per heavy atom. The molecule has 1 aromatic carbocycles. The van der Waals surface area contributed by atoms with Gasteiger partial charge in [-0.05, 0) is 45.5 Å². The Morgan fingerprint density at radius 3 is 2.52 bits per heavy atom. The van der Waals surface area contributed by atoms with Gasteiger partial charge in [-0.1, -0.05) is 6.07 Å². The smallest absolute Gasteiger partial charge is 0.240 e. The minimum absolute atomic E-state index is 0.288. The normalized spacial score (nSPS) is 11.6. The topological polar surface area (TPSA) is 86.9 Å². The predicted molar refractivity (Wildman–Crippen MR) is 82.8 cm³/mol. The van der Waals surface area contributed by atoms with E-state index in [0.717, 1.165) is 22.6 Å². The zero-order valence-corrected chi connectivity index (χ0v) is 13.4. The molecule has 1 heterocycles. The lowest BCUT2D eigenvalue weighted by molar-refractivity contribution is 0.587. The zero-order chi connectivity index (χ0) is 15.6. The van der Waals surface area contributed by atoms with Gasteiger partial charge in [-0.25, -0.2) is 13.1 Å². The Morgan fingerprint density at radius 2 is 1.95 bits per heavy atom. The maximum Gasteiger partial charge on any atom is 0.240 e. The number of hydrogen-bond donors (Lipinski definition) is 3. The molecule has 0 unspecified atom stereocenters.